The minimum atomic E-state index is 0.000305. The second-order valence-electron chi connectivity index (χ2n) is 7.02. The Morgan fingerprint density at radius 2 is 1.96 bits per heavy atom. The number of nitrogen functional groups attached to an aromatic ring is 1. The minimum absolute atomic E-state index is 0.000305. The highest BCUT2D eigenvalue weighted by molar-refractivity contribution is 7.21. The number of carbonyl (C=O) groups excluding carboxylic acids is 1. The third kappa shape index (κ3) is 2.88. The highest BCUT2D eigenvalue weighted by Gasteiger charge is 2.24. The second kappa shape index (κ2) is 6.83. The summed E-state index contributed by atoms with van der Waals surface area (Å²) in [7, 11) is 0. The molecule has 1 aliphatic rings. The summed E-state index contributed by atoms with van der Waals surface area (Å²) >= 11 is 1.34. The molecule has 2 N–H and O–H groups in total. The zero-order chi connectivity index (χ0) is 19.1. The van der Waals surface area contributed by atoms with Gasteiger partial charge in [-0.15, -0.1) is 11.3 Å². The molecule has 1 fully saturated rings. The summed E-state index contributed by atoms with van der Waals surface area (Å²) < 4.78 is 0. The number of amides is 1. The van der Waals surface area contributed by atoms with Crippen molar-refractivity contribution in [3.63, 3.8) is 0 Å². The lowest BCUT2D eigenvalue weighted by atomic mass is 10.1. The Hall–Kier alpha value is -3.06. The fourth-order valence-corrected chi connectivity index (χ4v) is 4.68. The van der Waals surface area contributed by atoms with Gasteiger partial charge in [0.05, 0.1) is 23.1 Å². The molecule has 1 saturated heterocycles. The van der Waals surface area contributed by atoms with Crippen LogP contribution in [0.5, 0.6) is 0 Å². The van der Waals surface area contributed by atoms with Crippen LogP contribution in [0.2, 0.25) is 0 Å². The van der Waals surface area contributed by atoms with Crippen molar-refractivity contribution in [2.75, 3.05) is 18.8 Å². The van der Waals surface area contributed by atoms with Gasteiger partial charge in [0.25, 0.3) is 5.91 Å². The van der Waals surface area contributed by atoms with Crippen LogP contribution >= 0.6 is 11.3 Å². The molecule has 5 rings (SSSR count). The minimum Gasteiger partial charge on any atom is -0.396 e. The Balaban J connectivity index is 1.54. The number of piperidine rings is 1. The van der Waals surface area contributed by atoms with Crippen LogP contribution in [0.1, 0.15) is 28.9 Å². The first-order valence-electron chi connectivity index (χ1n) is 9.40. The van der Waals surface area contributed by atoms with Gasteiger partial charge in [-0.2, -0.15) is 0 Å². The van der Waals surface area contributed by atoms with Crippen molar-refractivity contribution < 1.29 is 4.79 Å². The van der Waals surface area contributed by atoms with E-state index in [4.69, 9.17) is 10.7 Å². The van der Waals surface area contributed by atoms with Gasteiger partial charge in [-0.05, 0) is 37.5 Å². The SMILES string of the molecule is Nc1c(C(=O)N2CCCCC2)sc2nc(-c3ccc4ncccc4c3)cnc12. The highest BCUT2D eigenvalue weighted by atomic mass is 32.1. The number of anilines is 1. The molecule has 4 heterocycles. The van der Waals surface area contributed by atoms with Crippen LogP contribution in [0.25, 0.3) is 32.5 Å². The van der Waals surface area contributed by atoms with E-state index in [-0.39, 0.29) is 5.91 Å². The predicted molar refractivity (Wildman–Crippen MR) is 112 cm³/mol. The molecule has 28 heavy (non-hydrogen) atoms. The first kappa shape index (κ1) is 17.1. The van der Waals surface area contributed by atoms with Gasteiger partial charge in [-0.1, -0.05) is 12.1 Å². The number of fused-ring (bicyclic) bond motifs is 2. The monoisotopic (exact) mass is 389 g/mol. The van der Waals surface area contributed by atoms with Crippen LogP contribution in [0.3, 0.4) is 0 Å². The Bertz CT molecular complexity index is 1200. The van der Waals surface area contributed by atoms with Crippen molar-refractivity contribution in [3.8, 4) is 11.3 Å². The molecule has 0 spiro atoms. The Morgan fingerprint density at radius 3 is 2.82 bits per heavy atom. The van der Waals surface area contributed by atoms with Gasteiger partial charge in [0, 0.05) is 30.2 Å². The molecule has 1 aromatic carbocycles. The molecular formula is C21H19N5OS. The number of nitrogens with zero attached hydrogens (tertiary/aromatic N) is 4. The number of rotatable bonds is 2. The van der Waals surface area contributed by atoms with E-state index < -0.39 is 0 Å². The van der Waals surface area contributed by atoms with Crippen molar-refractivity contribution in [2.45, 2.75) is 19.3 Å². The summed E-state index contributed by atoms with van der Waals surface area (Å²) in [5.41, 5.74) is 9.98. The van der Waals surface area contributed by atoms with Crippen LogP contribution < -0.4 is 5.73 Å². The van der Waals surface area contributed by atoms with E-state index in [0.29, 0.717) is 20.9 Å². The molecule has 0 saturated carbocycles. The van der Waals surface area contributed by atoms with Crippen molar-refractivity contribution in [1.29, 1.82) is 0 Å². The molecule has 1 amide bonds. The number of hydrogen-bond acceptors (Lipinski definition) is 6. The van der Waals surface area contributed by atoms with Gasteiger partial charge >= 0.3 is 0 Å². The summed E-state index contributed by atoms with van der Waals surface area (Å²) in [6.07, 6.45) is 6.78. The number of benzene rings is 1. The molecule has 0 atom stereocenters. The van der Waals surface area contributed by atoms with Crippen LogP contribution in [-0.2, 0) is 0 Å². The quantitative estimate of drug-likeness (QED) is 0.557. The normalized spacial score (nSPS) is 14.6. The molecule has 6 nitrogen and oxygen atoms in total. The topological polar surface area (TPSA) is 85.0 Å². The zero-order valence-corrected chi connectivity index (χ0v) is 16.1. The highest BCUT2D eigenvalue weighted by Crippen LogP contribution is 2.34. The van der Waals surface area contributed by atoms with Crippen LogP contribution in [0, 0.1) is 0 Å². The summed E-state index contributed by atoms with van der Waals surface area (Å²) in [4.78, 5) is 29.6. The molecule has 140 valence electrons. The van der Waals surface area contributed by atoms with E-state index in [1.165, 1.54) is 17.8 Å². The number of pyridine rings is 1. The van der Waals surface area contributed by atoms with Crippen molar-refractivity contribution in [1.82, 2.24) is 19.9 Å². The predicted octanol–water partition coefficient (Wildman–Crippen LogP) is 4.11. The smallest absolute Gasteiger partial charge is 0.266 e. The lowest BCUT2D eigenvalue weighted by molar-refractivity contribution is 0.0730. The van der Waals surface area contributed by atoms with Gasteiger partial charge < -0.3 is 10.6 Å². The Morgan fingerprint density at radius 1 is 1.11 bits per heavy atom. The van der Waals surface area contributed by atoms with Gasteiger partial charge in [-0.3, -0.25) is 9.78 Å². The van der Waals surface area contributed by atoms with Gasteiger partial charge in [0.15, 0.2) is 0 Å². The van der Waals surface area contributed by atoms with Crippen molar-refractivity contribution in [3.05, 3.63) is 47.6 Å². The number of thiophene rings is 1. The molecule has 0 bridgehead atoms. The number of hydrogen-bond donors (Lipinski definition) is 1. The first-order valence-corrected chi connectivity index (χ1v) is 10.2. The average Bonchev–Trinajstić information content (AvgIpc) is 3.09. The number of likely N-dealkylation sites (tertiary alicyclic amines) is 1. The fraction of sp³-hybridized carbons (Fsp3) is 0.238. The lowest BCUT2D eigenvalue weighted by Gasteiger charge is -2.26. The summed E-state index contributed by atoms with van der Waals surface area (Å²) in [6, 6.07) is 9.96. The molecule has 0 radical (unpaired) electrons. The second-order valence-corrected chi connectivity index (χ2v) is 8.02. The standard InChI is InChI=1S/C21H19N5OS/c22-17-18-20(28-19(17)21(27)26-9-2-1-3-10-26)25-16(12-24-18)14-6-7-15-13(11-14)5-4-8-23-15/h4-8,11-12H,1-3,9-10,22H2. The van der Waals surface area contributed by atoms with Crippen LogP contribution in [0.4, 0.5) is 5.69 Å². The number of carbonyl (C=O) groups is 1. The van der Waals surface area contributed by atoms with E-state index in [1.54, 1.807) is 12.4 Å². The molecule has 0 unspecified atom stereocenters. The van der Waals surface area contributed by atoms with Crippen LogP contribution in [-0.4, -0.2) is 38.8 Å². The van der Waals surface area contributed by atoms with Crippen molar-refractivity contribution >= 4 is 44.2 Å². The molecule has 0 aliphatic carbocycles. The molecule has 7 heteroatoms. The van der Waals surface area contributed by atoms with Crippen molar-refractivity contribution in [2.24, 2.45) is 0 Å². The average molecular weight is 389 g/mol. The van der Waals surface area contributed by atoms with Gasteiger partial charge in [0.1, 0.15) is 15.2 Å². The Kier molecular flexibility index (Phi) is 4.16. The Labute approximate surface area is 166 Å². The van der Waals surface area contributed by atoms with E-state index in [0.717, 1.165) is 48.1 Å². The summed E-state index contributed by atoms with van der Waals surface area (Å²) in [6.45, 7) is 1.59. The third-order valence-corrected chi connectivity index (χ3v) is 6.25. The molecule has 1 aliphatic heterocycles. The van der Waals surface area contributed by atoms with Gasteiger partial charge in [0.2, 0.25) is 0 Å². The maximum Gasteiger partial charge on any atom is 0.266 e. The summed E-state index contributed by atoms with van der Waals surface area (Å²) in [5, 5.41) is 1.05. The molecule has 4 aromatic rings. The largest absolute Gasteiger partial charge is 0.396 e. The van der Waals surface area contributed by atoms with Crippen LogP contribution in [0.15, 0.2) is 42.7 Å². The molecular weight excluding hydrogens is 370 g/mol. The van der Waals surface area contributed by atoms with E-state index in [1.807, 2.05) is 29.2 Å². The van der Waals surface area contributed by atoms with E-state index in [2.05, 4.69) is 16.0 Å². The lowest BCUT2D eigenvalue weighted by Crippen LogP contribution is -2.35. The maximum atomic E-state index is 12.9. The number of aromatic nitrogens is 3. The maximum absolute atomic E-state index is 12.9. The third-order valence-electron chi connectivity index (χ3n) is 5.18. The first-order chi connectivity index (χ1) is 13.7. The zero-order valence-electron chi connectivity index (χ0n) is 15.3. The fourth-order valence-electron chi connectivity index (χ4n) is 3.66. The summed E-state index contributed by atoms with van der Waals surface area (Å²) in [5.74, 6) is 0.000305. The van der Waals surface area contributed by atoms with E-state index in [9.17, 15) is 4.79 Å². The molecule has 3 aromatic heterocycles. The number of nitrogens with two attached hydrogens (primary N) is 1. The van der Waals surface area contributed by atoms with Gasteiger partial charge in [-0.25, -0.2) is 9.97 Å². The van der Waals surface area contributed by atoms with E-state index >= 15 is 0 Å².